The number of rotatable bonds is 3. The van der Waals surface area contributed by atoms with E-state index in [-0.39, 0.29) is 154 Å². The van der Waals surface area contributed by atoms with Crippen molar-refractivity contribution >= 4 is 39.9 Å². The minimum Gasteiger partial charge on any atom is -0.538 e. The summed E-state index contributed by atoms with van der Waals surface area (Å²) in [6.45, 7) is 0. The SMILES string of the molecule is O=C([O-])P(=O)(O)O.O=C([O-])P(=O)(O)O.O=C([O-])P(=O)(O)O.[K+].[K+].[K+]. The third-order valence-corrected chi connectivity index (χ3v) is 2.14. The van der Waals surface area contributed by atoms with E-state index in [9.17, 15) is 13.7 Å². The van der Waals surface area contributed by atoms with Gasteiger partial charge < -0.3 is 59.1 Å². The molecule has 6 N–H and O–H groups in total. The summed E-state index contributed by atoms with van der Waals surface area (Å²) in [5, 5.41) is 27.4. The third-order valence-electron chi connectivity index (χ3n) is 0.714. The Morgan fingerprint density at radius 3 is 0.542 bits per heavy atom. The van der Waals surface area contributed by atoms with Crippen LogP contribution >= 0.6 is 22.8 Å². The fourth-order valence-corrected chi connectivity index (χ4v) is 0. The van der Waals surface area contributed by atoms with Gasteiger partial charge in [0, 0.05) is 0 Å². The summed E-state index contributed by atoms with van der Waals surface area (Å²) in [6.07, 6.45) is 0. The van der Waals surface area contributed by atoms with Crippen molar-refractivity contribution in [2.75, 3.05) is 0 Å². The smallest absolute Gasteiger partial charge is 0.538 e. The molecule has 0 aliphatic heterocycles. The molecule has 0 saturated carbocycles. The maximum Gasteiger partial charge on any atom is 1.00 e. The predicted octanol–water partition coefficient (Wildman–Crippen LogP) is -13.5. The van der Waals surface area contributed by atoms with Gasteiger partial charge in [-0.1, -0.05) is 0 Å². The monoisotopic (exact) mass is 492 g/mol. The van der Waals surface area contributed by atoms with E-state index in [0.717, 1.165) is 0 Å². The molecule has 126 valence electrons. The molecule has 15 nitrogen and oxygen atoms in total. The van der Waals surface area contributed by atoms with E-state index in [2.05, 4.69) is 0 Å². The summed E-state index contributed by atoms with van der Waals surface area (Å²) in [4.78, 5) is 72.7. The Balaban J connectivity index is -0.0000000476. The van der Waals surface area contributed by atoms with Gasteiger partial charge in [0.05, 0.1) is 0 Å². The fraction of sp³-hybridized carbons (Fsp3) is 0. The second-order valence-corrected chi connectivity index (χ2v) is 6.79. The van der Waals surface area contributed by atoms with Crippen LogP contribution in [0.2, 0.25) is 0 Å². The van der Waals surface area contributed by atoms with Crippen LogP contribution in [0.15, 0.2) is 0 Å². The number of carbonyl (C=O) groups excluding carboxylic acids is 3. The van der Waals surface area contributed by atoms with E-state index in [1.54, 1.807) is 0 Å². The molecule has 0 spiro atoms. The topological polar surface area (TPSA) is 293 Å². The van der Waals surface area contributed by atoms with Crippen molar-refractivity contribution in [2.45, 2.75) is 0 Å². The van der Waals surface area contributed by atoms with Gasteiger partial charge >= 0.3 is 177 Å². The van der Waals surface area contributed by atoms with Gasteiger partial charge in [-0.05, 0) is 0 Å². The van der Waals surface area contributed by atoms with Crippen LogP contribution in [0.25, 0.3) is 0 Å². The largest absolute Gasteiger partial charge is 1.00 e. The first-order valence-corrected chi connectivity index (χ1v) is 8.48. The molecule has 0 amide bonds. The van der Waals surface area contributed by atoms with Crippen LogP contribution in [-0.4, -0.2) is 46.5 Å². The number of hydrogen-bond acceptors (Lipinski definition) is 9. The Bertz CT molecular complexity index is 449. The fourth-order valence-electron chi connectivity index (χ4n) is 0. The van der Waals surface area contributed by atoms with Crippen LogP contribution in [0.4, 0.5) is 14.4 Å². The molecule has 0 rings (SSSR count). The Labute approximate surface area is 260 Å². The molecule has 0 heterocycles. The summed E-state index contributed by atoms with van der Waals surface area (Å²) < 4.78 is 28.1. The van der Waals surface area contributed by atoms with Crippen molar-refractivity contribution in [1.29, 1.82) is 0 Å². The molecule has 0 aromatic rings. The van der Waals surface area contributed by atoms with Gasteiger partial charge in [0.25, 0.3) is 0 Å². The Morgan fingerprint density at radius 2 is 0.542 bits per heavy atom. The first-order chi connectivity index (χ1) is 8.83. The van der Waals surface area contributed by atoms with E-state index in [1.165, 1.54) is 0 Å². The van der Waals surface area contributed by atoms with E-state index >= 15 is 0 Å². The average molecular weight is 492 g/mol. The van der Waals surface area contributed by atoms with Crippen LogP contribution in [0.1, 0.15) is 0 Å². The van der Waals surface area contributed by atoms with Crippen molar-refractivity contribution in [3.05, 3.63) is 0 Å². The molecule has 21 heteroatoms. The number of carboxylic acid groups (broad SMARTS) is 3. The molecular weight excluding hydrogens is 486 g/mol. The maximum absolute atomic E-state index is 9.36. The average Bonchev–Trinajstić information content (AvgIpc) is 2.14. The van der Waals surface area contributed by atoms with Crippen molar-refractivity contribution in [1.82, 2.24) is 0 Å². The normalized spacial score (nSPS) is 9.75. The summed E-state index contributed by atoms with van der Waals surface area (Å²) in [7, 11) is -14.8. The molecular formula is C3H6K3O15P3. The molecule has 0 unspecified atom stereocenters. The third kappa shape index (κ3) is 33.4. The zero-order valence-electron chi connectivity index (χ0n) is 12.2. The van der Waals surface area contributed by atoms with Crippen LogP contribution in [0.5, 0.6) is 0 Å². The van der Waals surface area contributed by atoms with Crippen molar-refractivity contribution in [3.63, 3.8) is 0 Å². The molecule has 0 atom stereocenters. The van der Waals surface area contributed by atoms with Crippen LogP contribution < -0.4 is 169 Å². The van der Waals surface area contributed by atoms with Crippen LogP contribution in [-0.2, 0) is 13.7 Å². The molecule has 0 saturated heterocycles. The zero-order chi connectivity index (χ0) is 18.2. The van der Waals surface area contributed by atoms with Gasteiger partial charge in [0.15, 0.2) is 17.1 Å². The van der Waals surface area contributed by atoms with E-state index in [4.69, 9.17) is 59.1 Å². The molecule has 0 radical (unpaired) electrons. The molecule has 0 aromatic heterocycles. The maximum atomic E-state index is 9.36. The molecule has 0 aromatic carbocycles. The predicted molar refractivity (Wildman–Crippen MR) is 52.3 cm³/mol. The minimum absolute atomic E-state index is 0. The summed E-state index contributed by atoms with van der Waals surface area (Å²) >= 11 is 0. The van der Waals surface area contributed by atoms with E-state index < -0.39 is 39.9 Å². The van der Waals surface area contributed by atoms with Gasteiger partial charge in [-0.15, -0.1) is 0 Å². The first kappa shape index (κ1) is 42.0. The zero-order valence-corrected chi connectivity index (χ0v) is 24.3. The van der Waals surface area contributed by atoms with E-state index in [1.807, 2.05) is 0 Å². The molecule has 0 fully saturated rings. The van der Waals surface area contributed by atoms with Gasteiger partial charge in [0.1, 0.15) is 0 Å². The second-order valence-electron chi connectivity index (χ2n) is 2.43. The van der Waals surface area contributed by atoms with Gasteiger partial charge in [0.2, 0.25) is 0 Å². The quantitative estimate of drug-likeness (QED) is 0.157. The van der Waals surface area contributed by atoms with Crippen molar-refractivity contribution in [2.24, 2.45) is 0 Å². The summed E-state index contributed by atoms with van der Waals surface area (Å²) in [5.41, 5.74) is -7.02. The van der Waals surface area contributed by atoms with Crippen molar-refractivity contribution in [3.8, 4) is 0 Å². The van der Waals surface area contributed by atoms with Crippen molar-refractivity contribution < 1.29 is 227 Å². The molecule has 0 aliphatic rings. The second kappa shape index (κ2) is 18.8. The number of hydrogen-bond donors (Lipinski definition) is 6. The molecule has 24 heavy (non-hydrogen) atoms. The standard InChI is InChI=1S/3CH3O5P.3K/c3*2-1(3)7(4,5)6;;;/h3*(H,2,3)(H2,4,5,6);;;/q;;;3*+1/p-3. The van der Waals surface area contributed by atoms with Gasteiger partial charge in [-0.3, -0.25) is 13.7 Å². The van der Waals surface area contributed by atoms with Gasteiger partial charge in [-0.2, -0.15) is 0 Å². The first-order valence-electron chi connectivity index (χ1n) is 3.64. The Hall–Kier alpha value is 3.77. The molecule has 0 aliphatic carbocycles. The van der Waals surface area contributed by atoms with Gasteiger partial charge in [-0.25, -0.2) is 0 Å². The van der Waals surface area contributed by atoms with Crippen LogP contribution in [0, 0.1) is 0 Å². The minimum atomic E-state index is -4.93. The molecule has 0 bridgehead atoms. The Morgan fingerprint density at radius 1 is 0.500 bits per heavy atom. The summed E-state index contributed by atoms with van der Waals surface area (Å²) in [5.74, 6) is 0. The number of carbonyl (C=O) groups is 3. The Kier molecular flexibility index (Phi) is 32.9. The summed E-state index contributed by atoms with van der Waals surface area (Å²) in [6, 6.07) is 0. The van der Waals surface area contributed by atoms with E-state index in [0.29, 0.717) is 0 Å². The van der Waals surface area contributed by atoms with Crippen LogP contribution in [0.3, 0.4) is 0 Å².